The Bertz CT molecular complexity index is 306. The van der Waals surface area contributed by atoms with E-state index in [2.05, 4.69) is 48.1 Å². The van der Waals surface area contributed by atoms with Crippen LogP contribution in [-0.4, -0.2) is 26.7 Å². The van der Waals surface area contributed by atoms with Gasteiger partial charge in [-0.1, -0.05) is 30.4 Å². The molecule has 0 aliphatic carbocycles. The number of benzene rings is 1. The first-order valence-corrected chi connectivity index (χ1v) is 5.81. The van der Waals surface area contributed by atoms with Crippen LogP contribution in [0.15, 0.2) is 42.5 Å². The Balaban J connectivity index is 2.16. The van der Waals surface area contributed by atoms with Gasteiger partial charge < -0.3 is 10.2 Å². The summed E-state index contributed by atoms with van der Waals surface area (Å²) in [6.45, 7) is 8.96. The smallest absolute Gasteiger partial charge is 0.0363 e. The average molecular weight is 218 g/mol. The first-order valence-electron chi connectivity index (χ1n) is 5.81. The van der Waals surface area contributed by atoms with Crippen LogP contribution >= 0.6 is 0 Å². The number of rotatable bonds is 7. The van der Waals surface area contributed by atoms with Gasteiger partial charge >= 0.3 is 0 Å². The third kappa shape index (κ3) is 4.99. The SMILES string of the molecule is C=C(C)CNCCCN(C)c1ccccc1. The molecule has 0 fully saturated rings. The fourth-order valence-corrected chi connectivity index (χ4v) is 1.55. The molecule has 0 unspecified atom stereocenters. The summed E-state index contributed by atoms with van der Waals surface area (Å²) in [5.74, 6) is 0. The maximum Gasteiger partial charge on any atom is 0.0363 e. The second-order valence-corrected chi connectivity index (χ2v) is 4.24. The van der Waals surface area contributed by atoms with Crippen molar-refractivity contribution in [2.45, 2.75) is 13.3 Å². The first-order chi connectivity index (χ1) is 7.70. The van der Waals surface area contributed by atoms with Gasteiger partial charge in [0.05, 0.1) is 0 Å². The number of nitrogens with zero attached hydrogens (tertiary/aromatic N) is 1. The zero-order chi connectivity index (χ0) is 11.8. The Morgan fingerprint density at radius 1 is 1.31 bits per heavy atom. The Labute approximate surface area is 99.0 Å². The fourth-order valence-electron chi connectivity index (χ4n) is 1.55. The van der Waals surface area contributed by atoms with Crippen LogP contribution in [0.1, 0.15) is 13.3 Å². The van der Waals surface area contributed by atoms with Gasteiger partial charge in [0.1, 0.15) is 0 Å². The molecule has 0 saturated heterocycles. The van der Waals surface area contributed by atoms with Crippen molar-refractivity contribution in [3.05, 3.63) is 42.5 Å². The Kier molecular flexibility index (Phi) is 5.65. The van der Waals surface area contributed by atoms with Crippen molar-refractivity contribution < 1.29 is 0 Å². The maximum absolute atomic E-state index is 3.86. The van der Waals surface area contributed by atoms with Crippen LogP contribution in [0, 0.1) is 0 Å². The Morgan fingerprint density at radius 3 is 2.62 bits per heavy atom. The normalized spacial score (nSPS) is 10.1. The zero-order valence-corrected chi connectivity index (χ0v) is 10.4. The number of hydrogen-bond acceptors (Lipinski definition) is 2. The lowest BCUT2D eigenvalue weighted by Crippen LogP contribution is -2.24. The summed E-state index contributed by atoms with van der Waals surface area (Å²) >= 11 is 0. The van der Waals surface area contributed by atoms with Crippen molar-refractivity contribution >= 4 is 5.69 Å². The standard InChI is InChI=1S/C14H22N2/c1-13(2)12-15-10-7-11-16(3)14-8-5-4-6-9-14/h4-6,8-9,15H,1,7,10-12H2,2-3H3. The van der Waals surface area contributed by atoms with Crippen molar-refractivity contribution in [2.75, 3.05) is 31.6 Å². The van der Waals surface area contributed by atoms with Gasteiger partial charge in [0, 0.05) is 25.8 Å². The summed E-state index contributed by atoms with van der Waals surface area (Å²) in [5, 5.41) is 3.37. The molecule has 0 radical (unpaired) electrons. The summed E-state index contributed by atoms with van der Waals surface area (Å²) < 4.78 is 0. The van der Waals surface area contributed by atoms with Crippen molar-refractivity contribution in [2.24, 2.45) is 0 Å². The van der Waals surface area contributed by atoms with E-state index in [1.165, 1.54) is 11.3 Å². The molecule has 1 N–H and O–H groups in total. The van der Waals surface area contributed by atoms with Crippen LogP contribution in [-0.2, 0) is 0 Å². The number of para-hydroxylation sites is 1. The van der Waals surface area contributed by atoms with E-state index < -0.39 is 0 Å². The molecule has 0 aromatic heterocycles. The van der Waals surface area contributed by atoms with Gasteiger partial charge in [-0.25, -0.2) is 0 Å². The number of hydrogen-bond donors (Lipinski definition) is 1. The summed E-state index contributed by atoms with van der Waals surface area (Å²) in [4.78, 5) is 2.28. The molecule has 0 atom stereocenters. The lowest BCUT2D eigenvalue weighted by molar-refractivity contribution is 0.675. The quantitative estimate of drug-likeness (QED) is 0.559. The van der Waals surface area contributed by atoms with Gasteiger partial charge in [-0.05, 0) is 32.0 Å². The third-order valence-electron chi connectivity index (χ3n) is 2.47. The van der Waals surface area contributed by atoms with E-state index in [1.54, 1.807) is 0 Å². The van der Waals surface area contributed by atoms with Crippen LogP contribution in [0.4, 0.5) is 5.69 Å². The molecule has 1 rings (SSSR count). The molecular weight excluding hydrogens is 196 g/mol. The fraction of sp³-hybridized carbons (Fsp3) is 0.429. The minimum absolute atomic E-state index is 0.926. The van der Waals surface area contributed by atoms with E-state index in [-0.39, 0.29) is 0 Å². The van der Waals surface area contributed by atoms with E-state index in [0.29, 0.717) is 0 Å². The molecule has 2 heteroatoms. The number of nitrogens with one attached hydrogen (secondary N) is 1. The van der Waals surface area contributed by atoms with Gasteiger partial charge in [-0.3, -0.25) is 0 Å². The van der Waals surface area contributed by atoms with Crippen molar-refractivity contribution in [1.29, 1.82) is 0 Å². The van der Waals surface area contributed by atoms with Crippen LogP contribution in [0.25, 0.3) is 0 Å². The molecule has 0 aliphatic heterocycles. The van der Waals surface area contributed by atoms with Crippen LogP contribution in [0.2, 0.25) is 0 Å². The van der Waals surface area contributed by atoms with E-state index in [9.17, 15) is 0 Å². The Hall–Kier alpha value is -1.28. The average Bonchev–Trinajstić information content (AvgIpc) is 2.29. The number of anilines is 1. The Morgan fingerprint density at radius 2 is 2.00 bits per heavy atom. The van der Waals surface area contributed by atoms with Crippen LogP contribution in [0.3, 0.4) is 0 Å². The lowest BCUT2D eigenvalue weighted by Gasteiger charge is -2.19. The predicted octanol–water partition coefficient (Wildman–Crippen LogP) is 2.68. The highest BCUT2D eigenvalue weighted by Gasteiger charge is 1.98. The molecule has 2 nitrogen and oxygen atoms in total. The predicted molar refractivity (Wildman–Crippen MR) is 72.0 cm³/mol. The van der Waals surface area contributed by atoms with Crippen molar-refractivity contribution in [3.63, 3.8) is 0 Å². The summed E-state index contributed by atoms with van der Waals surface area (Å²) in [5.41, 5.74) is 2.47. The molecule has 88 valence electrons. The third-order valence-corrected chi connectivity index (χ3v) is 2.47. The molecule has 1 aromatic carbocycles. The van der Waals surface area contributed by atoms with E-state index in [1.807, 2.05) is 13.0 Å². The molecule has 0 spiro atoms. The minimum atomic E-state index is 0.926. The first kappa shape index (κ1) is 12.8. The maximum atomic E-state index is 3.86. The molecule has 0 heterocycles. The molecule has 1 aromatic rings. The molecule has 0 amide bonds. The molecule has 16 heavy (non-hydrogen) atoms. The van der Waals surface area contributed by atoms with E-state index in [4.69, 9.17) is 0 Å². The van der Waals surface area contributed by atoms with E-state index >= 15 is 0 Å². The molecule has 0 saturated carbocycles. The van der Waals surface area contributed by atoms with Gasteiger partial charge in [-0.2, -0.15) is 0 Å². The van der Waals surface area contributed by atoms with Gasteiger partial charge in [0.2, 0.25) is 0 Å². The molecular formula is C14H22N2. The second-order valence-electron chi connectivity index (χ2n) is 4.24. The van der Waals surface area contributed by atoms with Crippen LogP contribution < -0.4 is 10.2 Å². The lowest BCUT2D eigenvalue weighted by atomic mass is 10.3. The second kappa shape index (κ2) is 7.07. The van der Waals surface area contributed by atoms with Gasteiger partial charge in [0.15, 0.2) is 0 Å². The zero-order valence-electron chi connectivity index (χ0n) is 10.4. The highest BCUT2D eigenvalue weighted by Crippen LogP contribution is 2.10. The van der Waals surface area contributed by atoms with Crippen molar-refractivity contribution in [3.8, 4) is 0 Å². The van der Waals surface area contributed by atoms with E-state index in [0.717, 1.165) is 26.1 Å². The minimum Gasteiger partial charge on any atom is -0.375 e. The highest BCUT2D eigenvalue weighted by atomic mass is 15.1. The summed E-state index contributed by atoms with van der Waals surface area (Å²) in [7, 11) is 2.13. The monoisotopic (exact) mass is 218 g/mol. The highest BCUT2D eigenvalue weighted by molar-refractivity contribution is 5.44. The largest absolute Gasteiger partial charge is 0.375 e. The summed E-state index contributed by atoms with van der Waals surface area (Å²) in [6.07, 6.45) is 1.15. The summed E-state index contributed by atoms with van der Waals surface area (Å²) in [6, 6.07) is 10.5. The van der Waals surface area contributed by atoms with Crippen LogP contribution in [0.5, 0.6) is 0 Å². The van der Waals surface area contributed by atoms with Gasteiger partial charge in [0.25, 0.3) is 0 Å². The topological polar surface area (TPSA) is 15.3 Å². The van der Waals surface area contributed by atoms with Crippen molar-refractivity contribution in [1.82, 2.24) is 5.32 Å². The molecule has 0 aliphatic rings. The molecule has 0 bridgehead atoms. The van der Waals surface area contributed by atoms with Gasteiger partial charge in [-0.15, -0.1) is 0 Å².